The maximum atomic E-state index is 13.2. The van der Waals surface area contributed by atoms with Gasteiger partial charge in [0, 0.05) is 0 Å². The average Bonchev–Trinajstić information content (AvgIpc) is 2.23. The second-order valence-corrected chi connectivity index (χ2v) is 3.92. The summed E-state index contributed by atoms with van der Waals surface area (Å²) in [5.74, 6) is -1.52. The zero-order chi connectivity index (χ0) is 11.6. The fourth-order valence-electron chi connectivity index (χ4n) is 0.981. The largest absolute Gasteiger partial charge is 0.467 e. The van der Waals surface area contributed by atoms with Gasteiger partial charge in [-0.3, -0.25) is 0 Å². The molecule has 82 valence electrons. The molecule has 0 aliphatic rings. The smallest absolute Gasteiger partial charge is 0.339 e. The number of benzene rings is 1. The van der Waals surface area contributed by atoms with E-state index in [1.807, 2.05) is 0 Å². The fourth-order valence-corrected chi connectivity index (χ4v) is 1.43. The van der Waals surface area contributed by atoms with Gasteiger partial charge in [0.15, 0.2) is 6.10 Å². The normalized spacial score (nSPS) is 12.3. The molecule has 1 aromatic carbocycles. The molecule has 1 atom stereocenters. The topological polar surface area (TPSA) is 46.5 Å². The zero-order valence-corrected chi connectivity index (χ0v) is 9.97. The van der Waals surface area contributed by atoms with E-state index < -0.39 is 17.9 Å². The number of hydrogen-bond donors (Lipinski definition) is 1. The molecule has 1 rings (SSSR count). The van der Waals surface area contributed by atoms with Crippen LogP contribution in [-0.2, 0) is 9.53 Å². The molecule has 0 amide bonds. The summed E-state index contributed by atoms with van der Waals surface area (Å²) in [4.78, 5) is 11.0. The molecule has 1 aromatic rings. The number of aliphatic hydroxyl groups excluding tert-OH is 1. The van der Waals surface area contributed by atoms with Gasteiger partial charge >= 0.3 is 5.97 Å². The lowest BCUT2D eigenvalue weighted by molar-refractivity contribution is -0.150. The molecule has 0 heterocycles. The third kappa shape index (κ3) is 2.68. The van der Waals surface area contributed by atoms with Crippen molar-refractivity contribution in [2.24, 2.45) is 0 Å². The third-order valence-corrected chi connectivity index (χ3v) is 3.08. The number of hydrogen-bond acceptors (Lipinski definition) is 3. The Balaban J connectivity index is 3.11. The summed E-state index contributed by atoms with van der Waals surface area (Å²) in [5.41, 5.74) is 0.0487. The van der Waals surface area contributed by atoms with Crippen molar-refractivity contribution in [1.82, 2.24) is 0 Å². The van der Waals surface area contributed by atoms with E-state index in [1.54, 1.807) is 0 Å². The quantitative estimate of drug-likeness (QED) is 0.674. The van der Waals surface area contributed by atoms with Gasteiger partial charge in [-0.2, -0.15) is 0 Å². The van der Waals surface area contributed by atoms with Crippen LogP contribution in [0.25, 0.3) is 0 Å². The third-order valence-electron chi connectivity index (χ3n) is 1.75. The van der Waals surface area contributed by atoms with Gasteiger partial charge in [-0.05, 0) is 33.6 Å². The Kier molecular flexibility index (Phi) is 4.07. The maximum absolute atomic E-state index is 13.2. The van der Waals surface area contributed by atoms with Crippen molar-refractivity contribution in [3.63, 3.8) is 0 Å². The van der Waals surface area contributed by atoms with Crippen LogP contribution in [0.1, 0.15) is 11.7 Å². The van der Waals surface area contributed by atoms with E-state index in [2.05, 4.69) is 20.7 Å². The standard InChI is InChI=1S/C9H7BrClFO3/c1-15-9(14)8(13)4-2-5(11)7(10)6(12)3-4/h2-3,8,13H,1H3. The summed E-state index contributed by atoms with van der Waals surface area (Å²) in [6.45, 7) is 0. The highest BCUT2D eigenvalue weighted by molar-refractivity contribution is 9.10. The monoisotopic (exact) mass is 296 g/mol. The first kappa shape index (κ1) is 12.4. The van der Waals surface area contributed by atoms with Gasteiger partial charge in [0.2, 0.25) is 0 Å². The predicted molar refractivity (Wildman–Crippen MR) is 56.1 cm³/mol. The zero-order valence-electron chi connectivity index (χ0n) is 7.63. The number of methoxy groups -OCH3 is 1. The van der Waals surface area contributed by atoms with Gasteiger partial charge < -0.3 is 9.84 Å². The van der Waals surface area contributed by atoms with Gasteiger partial charge in [0.1, 0.15) is 5.82 Å². The Hall–Kier alpha value is -0.650. The van der Waals surface area contributed by atoms with Crippen LogP contribution in [0.3, 0.4) is 0 Å². The molecule has 15 heavy (non-hydrogen) atoms. The predicted octanol–water partition coefficient (Wildman–Crippen LogP) is 2.45. The van der Waals surface area contributed by atoms with Crippen LogP contribution < -0.4 is 0 Å². The fraction of sp³-hybridized carbons (Fsp3) is 0.222. The molecule has 3 nitrogen and oxygen atoms in total. The van der Waals surface area contributed by atoms with Gasteiger partial charge in [-0.15, -0.1) is 0 Å². The molecule has 0 aromatic heterocycles. The van der Waals surface area contributed by atoms with E-state index in [0.717, 1.165) is 13.2 Å². The lowest BCUT2D eigenvalue weighted by atomic mass is 10.1. The molecule has 0 fully saturated rings. The molecule has 0 bridgehead atoms. The lowest BCUT2D eigenvalue weighted by Gasteiger charge is -2.09. The minimum Gasteiger partial charge on any atom is -0.467 e. The van der Waals surface area contributed by atoms with Crippen molar-refractivity contribution >= 4 is 33.5 Å². The molecule has 0 aliphatic carbocycles. The molecule has 1 N–H and O–H groups in total. The Labute approximate surface area is 98.9 Å². The van der Waals surface area contributed by atoms with E-state index in [-0.39, 0.29) is 15.1 Å². The van der Waals surface area contributed by atoms with E-state index in [0.29, 0.717) is 0 Å². The van der Waals surface area contributed by atoms with Crippen LogP contribution in [0.2, 0.25) is 5.02 Å². The summed E-state index contributed by atoms with van der Waals surface area (Å²) in [6, 6.07) is 2.30. The molecular formula is C9H7BrClFO3. The molecule has 1 unspecified atom stereocenters. The Morgan fingerprint density at radius 3 is 2.73 bits per heavy atom. The molecule has 0 saturated carbocycles. The van der Waals surface area contributed by atoms with Gasteiger partial charge in [0.05, 0.1) is 16.6 Å². The van der Waals surface area contributed by atoms with E-state index in [4.69, 9.17) is 11.6 Å². The second-order valence-electron chi connectivity index (χ2n) is 2.72. The molecule has 6 heteroatoms. The van der Waals surface area contributed by atoms with Gasteiger partial charge in [-0.25, -0.2) is 9.18 Å². The van der Waals surface area contributed by atoms with Crippen molar-refractivity contribution < 1.29 is 19.0 Å². The Morgan fingerprint density at radius 1 is 1.67 bits per heavy atom. The highest BCUT2D eigenvalue weighted by Gasteiger charge is 2.20. The Bertz CT molecular complexity index is 374. The summed E-state index contributed by atoms with van der Waals surface area (Å²) in [6.07, 6.45) is -1.53. The number of aliphatic hydroxyl groups is 1. The molecule has 0 radical (unpaired) electrons. The number of carbonyl (C=O) groups is 1. The average molecular weight is 298 g/mol. The highest BCUT2D eigenvalue weighted by Crippen LogP contribution is 2.29. The number of rotatable bonds is 2. The number of carbonyl (C=O) groups excluding carboxylic acids is 1. The van der Waals surface area contributed by atoms with Crippen molar-refractivity contribution in [2.45, 2.75) is 6.10 Å². The summed E-state index contributed by atoms with van der Waals surface area (Å²) < 4.78 is 17.6. The first-order valence-electron chi connectivity index (χ1n) is 3.87. The maximum Gasteiger partial charge on any atom is 0.339 e. The van der Waals surface area contributed by atoms with Crippen molar-refractivity contribution in [3.8, 4) is 0 Å². The van der Waals surface area contributed by atoms with Crippen molar-refractivity contribution in [1.29, 1.82) is 0 Å². The van der Waals surface area contributed by atoms with Gasteiger partial charge in [-0.1, -0.05) is 11.6 Å². The van der Waals surface area contributed by atoms with E-state index >= 15 is 0 Å². The second kappa shape index (κ2) is 4.92. The van der Waals surface area contributed by atoms with Crippen LogP contribution >= 0.6 is 27.5 Å². The summed E-state index contributed by atoms with van der Waals surface area (Å²) >= 11 is 8.57. The number of halogens is 3. The first-order valence-corrected chi connectivity index (χ1v) is 5.04. The number of esters is 1. The van der Waals surface area contributed by atoms with E-state index in [9.17, 15) is 14.3 Å². The molecule has 0 saturated heterocycles. The Morgan fingerprint density at radius 2 is 2.27 bits per heavy atom. The minimum absolute atomic E-state index is 0.0487. The number of ether oxygens (including phenoxy) is 1. The van der Waals surface area contributed by atoms with Crippen LogP contribution in [0.4, 0.5) is 4.39 Å². The van der Waals surface area contributed by atoms with Crippen molar-refractivity contribution in [2.75, 3.05) is 7.11 Å². The van der Waals surface area contributed by atoms with Crippen LogP contribution in [0.5, 0.6) is 0 Å². The van der Waals surface area contributed by atoms with Crippen LogP contribution in [0, 0.1) is 5.82 Å². The summed E-state index contributed by atoms with van der Waals surface area (Å²) in [5, 5.41) is 9.49. The first-order chi connectivity index (χ1) is 6.97. The SMILES string of the molecule is COC(=O)C(O)c1cc(F)c(Br)c(Cl)c1. The highest BCUT2D eigenvalue weighted by atomic mass is 79.9. The minimum atomic E-state index is -1.53. The van der Waals surface area contributed by atoms with Gasteiger partial charge in [0.25, 0.3) is 0 Å². The van der Waals surface area contributed by atoms with E-state index in [1.165, 1.54) is 6.07 Å². The van der Waals surface area contributed by atoms with Crippen LogP contribution in [0.15, 0.2) is 16.6 Å². The summed E-state index contributed by atoms with van der Waals surface area (Å²) in [7, 11) is 1.13. The lowest BCUT2D eigenvalue weighted by Crippen LogP contribution is -2.13. The molecular weight excluding hydrogens is 290 g/mol. The molecule has 0 spiro atoms. The molecule has 0 aliphatic heterocycles. The van der Waals surface area contributed by atoms with Crippen molar-refractivity contribution in [3.05, 3.63) is 33.0 Å². The van der Waals surface area contributed by atoms with Crippen LogP contribution in [-0.4, -0.2) is 18.2 Å².